The lowest BCUT2D eigenvalue weighted by molar-refractivity contribution is -0.113. The molecule has 0 saturated carbocycles. The Labute approximate surface area is 185 Å². The third-order valence-corrected chi connectivity index (χ3v) is 5.59. The first-order chi connectivity index (χ1) is 15.1. The van der Waals surface area contributed by atoms with Crippen LogP contribution in [0.25, 0.3) is 17.1 Å². The normalized spacial score (nSPS) is 10.6. The number of rotatable bonds is 7. The maximum atomic E-state index is 12.5. The summed E-state index contributed by atoms with van der Waals surface area (Å²) in [6.45, 7) is 2.01. The number of carbonyl (C=O) groups excluding carboxylic acids is 1. The molecule has 0 aliphatic heterocycles. The summed E-state index contributed by atoms with van der Waals surface area (Å²) in [6.07, 6.45) is 0. The summed E-state index contributed by atoms with van der Waals surface area (Å²) in [7, 11) is 1.64. The molecular formula is C24H22N4O2S. The molecule has 0 aliphatic carbocycles. The Balaban J connectivity index is 1.57. The van der Waals surface area contributed by atoms with Crippen molar-refractivity contribution in [3.63, 3.8) is 0 Å². The fraction of sp³-hybridized carbons (Fsp3) is 0.125. The molecule has 0 fully saturated rings. The van der Waals surface area contributed by atoms with Gasteiger partial charge in [0.1, 0.15) is 5.75 Å². The topological polar surface area (TPSA) is 69.0 Å². The Morgan fingerprint density at radius 2 is 1.68 bits per heavy atom. The van der Waals surface area contributed by atoms with Gasteiger partial charge in [-0.05, 0) is 55.5 Å². The van der Waals surface area contributed by atoms with Gasteiger partial charge in [0.05, 0.1) is 12.9 Å². The van der Waals surface area contributed by atoms with Crippen LogP contribution in [0, 0.1) is 6.92 Å². The van der Waals surface area contributed by atoms with Gasteiger partial charge in [0, 0.05) is 16.9 Å². The van der Waals surface area contributed by atoms with Crippen molar-refractivity contribution in [3.05, 3.63) is 84.4 Å². The first kappa shape index (κ1) is 20.7. The monoisotopic (exact) mass is 430 g/mol. The SMILES string of the molecule is COc1ccc(-c2nnc(SCC(=O)Nc3ccc(C)cc3)n2-c2ccccc2)cc1. The number of benzene rings is 3. The highest BCUT2D eigenvalue weighted by Gasteiger charge is 2.17. The molecule has 0 spiro atoms. The second-order valence-corrected chi connectivity index (χ2v) is 7.85. The lowest BCUT2D eigenvalue weighted by Gasteiger charge is -2.11. The van der Waals surface area contributed by atoms with E-state index in [4.69, 9.17) is 4.74 Å². The maximum Gasteiger partial charge on any atom is 0.234 e. The van der Waals surface area contributed by atoms with Gasteiger partial charge in [0.15, 0.2) is 11.0 Å². The van der Waals surface area contributed by atoms with E-state index in [0.29, 0.717) is 11.0 Å². The van der Waals surface area contributed by atoms with Gasteiger partial charge in [-0.3, -0.25) is 9.36 Å². The molecule has 0 saturated heterocycles. The minimum atomic E-state index is -0.0949. The Bertz CT molecular complexity index is 1160. The van der Waals surface area contributed by atoms with Crippen molar-refractivity contribution in [3.8, 4) is 22.8 Å². The first-order valence-electron chi connectivity index (χ1n) is 9.78. The number of nitrogens with one attached hydrogen (secondary N) is 1. The lowest BCUT2D eigenvalue weighted by atomic mass is 10.2. The number of aromatic nitrogens is 3. The van der Waals surface area contributed by atoms with Gasteiger partial charge in [-0.2, -0.15) is 0 Å². The Morgan fingerprint density at radius 3 is 2.35 bits per heavy atom. The molecule has 0 unspecified atom stereocenters. The van der Waals surface area contributed by atoms with Crippen LogP contribution >= 0.6 is 11.8 Å². The number of anilines is 1. The summed E-state index contributed by atoms with van der Waals surface area (Å²) in [5.41, 5.74) is 3.77. The van der Waals surface area contributed by atoms with E-state index >= 15 is 0 Å². The largest absolute Gasteiger partial charge is 0.497 e. The van der Waals surface area contributed by atoms with Crippen LogP contribution in [-0.2, 0) is 4.79 Å². The molecule has 0 bridgehead atoms. The maximum absolute atomic E-state index is 12.5. The Morgan fingerprint density at radius 1 is 0.968 bits per heavy atom. The molecule has 1 N–H and O–H groups in total. The summed E-state index contributed by atoms with van der Waals surface area (Å²) < 4.78 is 7.22. The van der Waals surface area contributed by atoms with Crippen molar-refractivity contribution < 1.29 is 9.53 Å². The van der Waals surface area contributed by atoms with E-state index in [0.717, 1.165) is 28.3 Å². The van der Waals surface area contributed by atoms with Crippen LogP contribution in [-0.4, -0.2) is 33.5 Å². The van der Waals surface area contributed by atoms with Gasteiger partial charge in [0.25, 0.3) is 0 Å². The average molecular weight is 431 g/mol. The number of aryl methyl sites for hydroxylation is 1. The number of ether oxygens (including phenoxy) is 1. The van der Waals surface area contributed by atoms with E-state index in [1.807, 2.05) is 90.4 Å². The zero-order valence-electron chi connectivity index (χ0n) is 17.3. The summed E-state index contributed by atoms with van der Waals surface area (Å²) in [4.78, 5) is 12.5. The van der Waals surface area contributed by atoms with Crippen molar-refractivity contribution in [2.75, 3.05) is 18.2 Å². The highest BCUT2D eigenvalue weighted by molar-refractivity contribution is 7.99. The predicted octanol–water partition coefficient (Wildman–Crippen LogP) is 4.98. The Kier molecular flexibility index (Phi) is 6.33. The van der Waals surface area contributed by atoms with Crippen LogP contribution in [0.5, 0.6) is 5.75 Å². The standard InChI is InChI=1S/C24H22N4O2S/c1-17-8-12-19(13-9-17)25-22(29)16-31-24-27-26-23(18-10-14-21(30-2)15-11-18)28(24)20-6-4-3-5-7-20/h3-15H,16H2,1-2H3,(H,25,29). The van der Waals surface area contributed by atoms with Crippen LogP contribution < -0.4 is 10.1 Å². The quantitative estimate of drug-likeness (QED) is 0.419. The van der Waals surface area contributed by atoms with Crippen molar-refractivity contribution in [1.82, 2.24) is 14.8 Å². The van der Waals surface area contributed by atoms with Crippen LogP contribution in [0.3, 0.4) is 0 Å². The molecule has 156 valence electrons. The number of hydrogen-bond donors (Lipinski definition) is 1. The summed E-state index contributed by atoms with van der Waals surface area (Å²) in [6, 6.07) is 25.3. The number of amides is 1. The second kappa shape index (κ2) is 9.49. The van der Waals surface area contributed by atoms with Gasteiger partial charge in [-0.15, -0.1) is 10.2 Å². The van der Waals surface area contributed by atoms with Crippen molar-refractivity contribution in [2.45, 2.75) is 12.1 Å². The van der Waals surface area contributed by atoms with Crippen molar-refractivity contribution in [2.24, 2.45) is 0 Å². The average Bonchev–Trinajstić information content (AvgIpc) is 3.24. The summed E-state index contributed by atoms with van der Waals surface area (Å²) >= 11 is 1.35. The molecule has 1 amide bonds. The fourth-order valence-electron chi connectivity index (χ4n) is 3.06. The fourth-order valence-corrected chi connectivity index (χ4v) is 3.82. The highest BCUT2D eigenvalue weighted by Crippen LogP contribution is 2.29. The molecule has 4 aromatic rings. The summed E-state index contributed by atoms with van der Waals surface area (Å²) in [5, 5.41) is 12.3. The van der Waals surface area contributed by atoms with Gasteiger partial charge in [-0.1, -0.05) is 47.7 Å². The predicted molar refractivity (Wildman–Crippen MR) is 124 cm³/mol. The minimum Gasteiger partial charge on any atom is -0.497 e. The molecule has 0 radical (unpaired) electrons. The molecule has 31 heavy (non-hydrogen) atoms. The second-order valence-electron chi connectivity index (χ2n) is 6.91. The van der Waals surface area contributed by atoms with Crippen molar-refractivity contribution >= 4 is 23.4 Å². The van der Waals surface area contributed by atoms with Crippen LogP contribution in [0.4, 0.5) is 5.69 Å². The zero-order chi connectivity index (χ0) is 21.6. The van der Waals surface area contributed by atoms with E-state index in [1.165, 1.54) is 11.8 Å². The van der Waals surface area contributed by atoms with Gasteiger partial charge >= 0.3 is 0 Å². The van der Waals surface area contributed by atoms with E-state index in [9.17, 15) is 4.79 Å². The molecule has 7 heteroatoms. The molecule has 1 heterocycles. The molecule has 3 aromatic carbocycles. The molecule has 4 rings (SSSR count). The molecule has 6 nitrogen and oxygen atoms in total. The Hall–Kier alpha value is -3.58. The third-order valence-electron chi connectivity index (χ3n) is 4.66. The first-order valence-corrected chi connectivity index (χ1v) is 10.8. The zero-order valence-corrected chi connectivity index (χ0v) is 18.1. The number of carbonyl (C=O) groups is 1. The summed E-state index contributed by atoms with van der Waals surface area (Å²) in [5.74, 6) is 1.61. The molecular weight excluding hydrogens is 408 g/mol. The number of hydrogen-bond acceptors (Lipinski definition) is 5. The minimum absolute atomic E-state index is 0.0949. The molecule has 0 atom stereocenters. The number of methoxy groups -OCH3 is 1. The van der Waals surface area contributed by atoms with Crippen LogP contribution in [0.1, 0.15) is 5.56 Å². The highest BCUT2D eigenvalue weighted by atomic mass is 32.2. The van der Waals surface area contributed by atoms with Gasteiger partial charge in [0.2, 0.25) is 5.91 Å². The van der Waals surface area contributed by atoms with Crippen molar-refractivity contribution in [1.29, 1.82) is 0 Å². The van der Waals surface area contributed by atoms with E-state index in [2.05, 4.69) is 15.5 Å². The number of thioether (sulfide) groups is 1. The van der Waals surface area contributed by atoms with Crippen LogP contribution in [0.2, 0.25) is 0 Å². The van der Waals surface area contributed by atoms with E-state index in [-0.39, 0.29) is 11.7 Å². The van der Waals surface area contributed by atoms with E-state index in [1.54, 1.807) is 7.11 Å². The number of nitrogens with zero attached hydrogens (tertiary/aromatic N) is 3. The lowest BCUT2D eigenvalue weighted by Crippen LogP contribution is -2.14. The van der Waals surface area contributed by atoms with Gasteiger partial charge < -0.3 is 10.1 Å². The third kappa shape index (κ3) is 4.95. The van der Waals surface area contributed by atoms with Gasteiger partial charge in [-0.25, -0.2) is 0 Å². The smallest absolute Gasteiger partial charge is 0.234 e. The number of para-hydroxylation sites is 1. The van der Waals surface area contributed by atoms with Crippen LogP contribution in [0.15, 0.2) is 84.0 Å². The molecule has 0 aliphatic rings. The molecule has 1 aromatic heterocycles. The van der Waals surface area contributed by atoms with E-state index < -0.39 is 0 Å².